The Morgan fingerprint density at radius 3 is 2.00 bits per heavy atom. The van der Waals surface area contributed by atoms with Crippen LogP contribution in [-0.4, -0.2) is 25.9 Å². The molecule has 5 nitrogen and oxygen atoms in total. The molecule has 0 fully saturated rings. The minimum absolute atomic E-state index is 0.178. The zero-order valence-electron chi connectivity index (χ0n) is 15.1. The van der Waals surface area contributed by atoms with Crippen molar-refractivity contribution in [3.63, 3.8) is 0 Å². The van der Waals surface area contributed by atoms with Crippen LogP contribution < -0.4 is 14.8 Å². The highest BCUT2D eigenvalue weighted by atomic mass is 16.5. The lowest BCUT2D eigenvalue weighted by atomic mass is 10.0. The minimum Gasteiger partial charge on any atom is -0.497 e. The highest BCUT2D eigenvalue weighted by Gasteiger charge is 2.17. The van der Waals surface area contributed by atoms with Crippen LogP contribution >= 0.6 is 0 Å². The van der Waals surface area contributed by atoms with Crippen LogP contribution in [0.2, 0.25) is 0 Å². The van der Waals surface area contributed by atoms with Crippen LogP contribution in [0.3, 0.4) is 0 Å². The van der Waals surface area contributed by atoms with Crippen LogP contribution in [0.4, 0.5) is 5.69 Å². The summed E-state index contributed by atoms with van der Waals surface area (Å²) < 4.78 is 10.3. The summed E-state index contributed by atoms with van der Waals surface area (Å²) in [6.45, 7) is 0. The molecule has 5 heteroatoms. The van der Waals surface area contributed by atoms with Gasteiger partial charge in [-0.25, -0.2) is 0 Å². The summed E-state index contributed by atoms with van der Waals surface area (Å²) in [6.07, 6.45) is 0. The number of ketones is 1. The Morgan fingerprint density at radius 1 is 0.741 bits per heavy atom. The lowest BCUT2D eigenvalue weighted by Crippen LogP contribution is -2.15. The van der Waals surface area contributed by atoms with Gasteiger partial charge in [0.05, 0.1) is 19.9 Å². The molecule has 136 valence electrons. The number of hydrogen-bond donors (Lipinski definition) is 1. The second-order valence-electron chi connectivity index (χ2n) is 5.79. The first kappa shape index (κ1) is 18.2. The van der Waals surface area contributed by atoms with Gasteiger partial charge < -0.3 is 14.8 Å². The van der Waals surface area contributed by atoms with E-state index in [1.807, 2.05) is 6.07 Å². The molecule has 0 bridgehead atoms. The Kier molecular flexibility index (Phi) is 5.52. The van der Waals surface area contributed by atoms with Crippen LogP contribution in [0.5, 0.6) is 11.5 Å². The van der Waals surface area contributed by atoms with Crippen molar-refractivity contribution >= 4 is 17.4 Å². The zero-order valence-corrected chi connectivity index (χ0v) is 15.1. The molecule has 1 N–H and O–H groups in total. The molecule has 0 saturated carbocycles. The van der Waals surface area contributed by atoms with Crippen molar-refractivity contribution in [2.75, 3.05) is 19.5 Å². The number of nitrogens with one attached hydrogen (secondary N) is 1. The monoisotopic (exact) mass is 361 g/mol. The third kappa shape index (κ3) is 4.15. The van der Waals surface area contributed by atoms with Crippen LogP contribution in [0, 0.1) is 0 Å². The van der Waals surface area contributed by atoms with Gasteiger partial charge in [0.25, 0.3) is 5.91 Å². The van der Waals surface area contributed by atoms with Gasteiger partial charge >= 0.3 is 0 Å². The molecule has 0 spiro atoms. The van der Waals surface area contributed by atoms with Crippen LogP contribution in [0.25, 0.3) is 0 Å². The van der Waals surface area contributed by atoms with E-state index < -0.39 is 0 Å². The van der Waals surface area contributed by atoms with E-state index in [1.165, 1.54) is 7.11 Å². The molecule has 0 aliphatic rings. The fourth-order valence-corrected chi connectivity index (χ4v) is 2.63. The van der Waals surface area contributed by atoms with E-state index in [4.69, 9.17) is 9.47 Å². The van der Waals surface area contributed by atoms with E-state index in [0.29, 0.717) is 33.9 Å². The summed E-state index contributed by atoms with van der Waals surface area (Å²) in [5.74, 6) is 0.703. The Hall–Kier alpha value is -3.60. The van der Waals surface area contributed by atoms with Gasteiger partial charge in [-0.3, -0.25) is 9.59 Å². The molecular weight excluding hydrogens is 342 g/mol. The molecule has 3 aromatic carbocycles. The molecule has 1 amide bonds. The Labute approximate surface area is 157 Å². The molecule has 0 saturated heterocycles. The fraction of sp³-hybridized carbons (Fsp3) is 0.0909. The minimum atomic E-state index is -0.326. The number of methoxy groups -OCH3 is 2. The SMILES string of the molecule is COc1ccc(C(=O)Nc2cc(OC)ccc2C(=O)c2ccccc2)cc1. The van der Waals surface area contributed by atoms with Gasteiger partial charge in [0.2, 0.25) is 0 Å². The standard InChI is InChI=1S/C22H19NO4/c1-26-17-10-8-16(9-11-17)22(25)23-20-14-18(27-2)12-13-19(20)21(24)15-6-4-3-5-7-15/h3-14H,1-2H3,(H,23,25). The molecule has 0 unspecified atom stereocenters. The van der Waals surface area contributed by atoms with Crippen molar-refractivity contribution in [2.24, 2.45) is 0 Å². The van der Waals surface area contributed by atoms with Gasteiger partial charge in [-0.1, -0.05) is 30.3 Å². The fourth-order valence-electron chi connectivity index (χ4n) is 2.63. The Bertz CT molecular complexity index is 950. The first-order valence-electron chi connectivity index (χ1n) is 8.35. The van der Waals surface area contributed by atoms with Crippen LogP contribution in [-0.2, 0) is 0 Å². The number of benzene rings is 3. The second kappa shape index (κ2) is 8.19. The molecule has 27 heavy (non-hydrogen) atoms. The summed E-state index contributed by atoms with van der Waals surface area (Å²) in [5.41, 5.74) is 1.78. The van der Waals surface area contributed by atoms with E-state index in [0.717, 1.165) is 0 Å². The van der Waals surface area contributed by atoms with E-state index in [9.17, 15) is 9.59 Å². The van der Waals surface area contributed by atoms with Crippen molar-refractivity contribution in [1.29, 1.82) is 0 Å². The summed E-state index contributed by atoms with van der Waals surface area (Å²) in [5, 5.41) is 2.81. The molecule has 3 rings (SSSR count). The first-order valence-corrected chi connectivity index (χ1v) is 8.35. The van der Waals surface area contributed by atoms with Gasteiger partial charge in [0.1, 0.15) is 11.5 Å². The number of ether oxygens (including phenoxy) is 2. The van der Waals surface area contributed by atoms with Gasteiger partial charge in [-0.15, -0.1) is 0 Å². The van der Waals surface area contributed by atoms with Crippen molar-refractivity contribution in [2.45, 2.75) is 0 Å². The maximum Gasteiger partial charge on any atom is 0.255 e. The number of anilines is 1. The second-order valence-corrected chi connectivity index (χ2v) is 5.79. The Balaban J connectivity index is 1.93. The Morgan fingerprint density at radius 2 is 1.37 bits per heavy atom. The quantitative estimate of drug-likeness (QED) is 0.669. The number of hydrogen-bond acceptors (Lipinski definition) is 4. The summed E-state index contributed by atoms with van der Waals surface area (Å²) in [6, 6.07) is 20.6. The first-order chi connectivity index (χ1) is 13.1. The highest BCUT2D eigenvalue weighted by molar-refractivity contribution is 6.15. The molecule has 0 aliphatic carbocycles. The van der Waals surface area contributed by atoms with Crippen molar-refractivity contribution in [3.8, 4) is 11.5 Å². The summed E-state index contributed by atoms with van der Waals surface area (Å²) in [4.78, 5) is 25.5. The average Bonchev–Trinajstić information content (AvgIpc) is 2.73. The smallest absolute Gasteiger partial charge is 0.255 e. The maximum absolute atomic E-state index is 12.9. The highest BCUT2D eigenvalue weighted by Crippen LogP contribution is 2.26. The van der Waals surface area contributed by atoms with E-state index in [2.05, 4.69) is 5.32 Å². The van der Waals surface area contributed by atoms with Crippen LogP contribution in [0.1, 0.15) is 26.3 Å². The van der Waals surface area contributed by atoms with Crippen molar-refractivity contribution in [1.82, 2.24) is 0 Å². The predicted octanol–water partition coefficient (Wildman–Crippen LogP) is 4.19. The van der Waals surface area contributed by atoms with Gasteiger partial charge in [-0.2, -0.15) is 0 Å². The number of carbonyl (C=O) groups excluding carboxylic acids is 2. The third-order valence-electron chi connectivity index (χ3n) is 4.11. The van der Waals surface area contributed by atoms with Crippen LogP contribution in [0.15, 0.2) is 72.8 Å². The molecule has 0 heterocycles. The molecule has 0 atom stereocenters. The third-order valence-corrected chi connectivity index (χ3v) is 4.11. The van der Waals surface area contributed by atoms with E-state index >= 15 is 0 Å². The largest absolute Gasteiger partial charge is 0.497 e. The number of rotatable bonds is 6. The summed E-state index contributed by atoms with van der Waals surface area (Å²) >= 11 is 0. The summed E-state index contributed by atoms with van der Waals surface area (Å²) in [7, 11) is 3.09. The van der Waals surface area contributed by atoms with E-state index in [-0.39, 0.29) is 11.7 Å². The van der Waals surface area contributed by atoms with Gasteiger partial charge in [-0.05, 0) is 36.4 Å². The molecule has 3 aromatic rings. The molecule has 0 aromatic heterocycles. The number of amides is 1. The number of carbonyl (C=O) groups is 2. The van der Waals surface area contributed by atoms with E-state index in [1.54, 1.807) is 73.8 Å². The maximum atomic E-state index is 12.9. The lowest BCUT2D eigenvalue weighted by molar-refractivity contribution is 0.102. The van der Waals surface area contributed by atoms with Gasteiger partial charge in [0, 0.05) is 22.8 Å². The molecular formula is C22H19NO4. The topological polar surface area (TPSA) is 64.6 Å². The molecule has 0 radical (unpaired) electrons. The average molecular weight is 361 g/mol. The predicted molar refractivity (Wildman–Crippen MR) is 104 cm³/mol. The lowest BCUT2D eigenvalue weighted by Gasteiger charge is -2.13. The zero-order chi connectivity index (χ0) is 19.2. The van der Waals surface area contributed by atoms with Gasteiger partial charge in [0.15, 0.2) is 5.78 Å². The van der Waals surface area contributed by atoms with Crippen molar-refractivity contribution in [3.05, 3.63) is 89.5 Å². The molecule has 0 aliphatic heterocycles. The van der Waals surface area contributed by atoms with Crippen molar-refractivity contribution < 1.29 is 19.1 Å². The normalized spacial score (nSPS) is 10.1.